The Balaban J connectivity index is 1.91. The van der Waals surface area contributed by atoms with Crippen LogP contribution in [0.5, 0.6) is 0 Å². The zero-order valence-corrected chi connectivity index (χ0v) is 12.0. The number of hydrogen-bond acceptors (Lipinski definition) is 4. The molecule has 0 saturated carbocycles. The maximum absolute atomic E-state index is 8.90. The van der Waals surface area contributed by atoms with Gasteiger partial charge in [0.1, 0.15) is 17.5 Å². The highest BCUT2D eigenvalue weighted by molar-refractivity contribution is 6.32. The Labute approximate surface area is 126 Å². The summed E-state index contributed by atoms with van der Waals surface area (Å²) in [6.45, 7) is 1.49. The fourth-order valence-electron chi connectivity index (χ4n) is 2.33. The van der Waals surface area contributed by atoms with Gasteiger partial charge in [-0.15, -0.1) is 0 Å². The van der Waals surface area contributed by atoms with E-state index in [0.717, 1.165) is 29.9 Å². The van der Waals surface area contributed by atoms with Crippen LogP contribution in [-0.2, 0) is 13.0 Å². The number of benzene rings is 1. The molecule has 20 heavy (non-hydrogen) atoms. The molecule has 0 N–H and O–H groups in total. The van der Waals surface area contributed by atoms with Crippen LogP contribution in [0.25, 0.3) is 0 Å². The van der Waals surface area contributed by atoms with Gasteiger partial charge >= 0.3 is 0 Å². The third-order valence-corrected chi connectivity index (χ3v) is 4.03. The van der Waals surface area contributed by atoms with Crippen molar-refractivity contribution in [3.63, 3.8) is 0 Å². The van der Waals surface area contributed by atoms with Crippen LogP contribution < -0.4 is 4.90 Å². The summed E-state index contributed by atoms with van der Waals surface area (Å²) in [4.78, 5) is 10.5. The van der Waals surface area contributed by atoms with Gasteiger partial charge in [0, 0.05) is 17.8 Å². The zero-order valence-electron chi connectivity index (χ0n) is 10.5. The third kappa shape index (κ3) is 2.31. The van der Waals surface area contributed by atoms with Crippen LogP contribution in [0.2, 0.25) is 10.2 Å². The Morgan fingerprint density at radius 3 is 2.85 bits per heavy atom. The van der Waals surface area contributed by atoms with Crippen molar-refractivity contribution in [1.29, 1.82) is 5.26 Å². The van der Waals surface area contributed by atoms with Gasteiger partial charge in [0.15, 0.2) is 0 Å². The quantitative estimate of drug-likeness (QED) is 0.759. The molecule has 2 heterocycles. The van der Waals surface area contributed by atoms with Crippen LogP contribution in [0.1, 0.15) is 16.8 Å². The molecule has 1 aliphatic rings. The molecule has 100 valence electrons. The first-order chi connectivity index (χ1) is 9.69. The minimum absolute atomic E-state index is 0.469. The number of nitrogens with zero attached hydrogens (tertiary/aromatic N) is 4. The summed E-state index contributed by atoms with van der Waals surface area (Å²) in [5.74, 6) is 0. The van der Waals surface area contributed by atoms with Crippen LogP contribution >= 0.6 is 23.2 Å². The Kier molecular flexibility index (Phi) is 3.47. The molecule has 1 aliphatic heterocycles. The molecule has 0 saturated heterocycles. The van der Waals surface area contributed by atoms with Crippen molar-refractivity contribution in [3.05, 3.63) is 51.5 Å². The van der Waals surface area contributed by atoms with Gasteiger partial charge in [-0.1, -0.05) is 23.2 Å². The Hall–Kier alpha value is -1.83. The molecule has 0 radical (unpaired) electrons. The van der Waals surface area contributed by atoms with Crippen molar-refractivity contribution >= 4 is 28.9 Å². The van der Waals surface area contributed by atoms with Gasteiger partial charge < -0.3 is 4.90 Å². The first kappa shape index (κ1) is 13.2. The summed E-state index contributed by atoms with van der Waals surface area (Å²) in [6.07, 6.45) is 2.28. The van der Waals surface area contributed by atoms with Gasteiger partial charge in [0.2, 0.25) is 0 Å². The van der Waals surface area contributed by atoms with Crippen LogP contribution in [-0.4, -0.2) is 16.5 Å². The minimum atomic E-state index is 0.469. The molecule has 0 atom stereocenters. The number of anilines is 1. The number of rotatable bonds is 1. The second-order valence-electron chi connectivity index (χ2n) is 4.54. The third-order valence-electron chi connectivity index (χ3n) is 3.39. The zero-order chi connectivity index (χ0) is 14.1. The number of aromatic nitrogens is 2. The van der Waals surface area contributed by atoms with E-state index in [-0.39, 0.29) is 0 Å². The lowest BCUT2D eigenvalue weighted by Crippen LogP contribution is -2.31. The number of nitriles is 1. The van der Waals surface area contributed by atoms with Crippen molar-refractivity contribution in [1.82, 2.24) is 9.97 Å². The summed E-state index contributed by atoms with van der Waals surface area (Å²) in [5.41, 5.74) is 3.43. The van der Waals surface area contributed by atoms with Crippen molar-refractivity contribution in [2.45, 2.75) is 13.0 Å². The number of fused-ring (bicyclic) bond motifs is 1. The van der Waals surface area contributed by atoms with E-state index < -0.39 is 0 Å². The van der Waals surface area contributed by atoms with Gasteiger partial charge in [-0.05, 0) is 24.6 Å². The SMILES string of the molecule is N#Cc1ccc(N2CCc3c(Cl)ncnc3C2)cc1Cl. The second kappa shape index (κ2) is 5.28. The smallest absolute Gasteiger partial charge is 0.136 e. The molecule has 0 fully saturated rings. The molecule has 0 amide bonds. The topological polar surface area (TPSA) is 52.8 Å². The summed E-state index contributed by atoms with van der Waals surface area (Å²) < 4.78 is 0. The first-order valence-electron chi connectivity index (χ1n) is 6.12. The maximum atomic E-state index is 8.90. The molecule has 0 unspecified atom stereocenters. The summed E-state index contributed by atoms with van der Waals surface area (Å²) in [7, 11) is 0. The predicted molar refractivity (Wildman–Crippen MR) is 78.0 cm³/mol. The van der Waals surface area contributed by atoms with Crippen LogP contribution in [0.4, 0.5) is 5.69 Å². The van der Waals surface area contributed by atoms with E-state index in [4.69, 9.17) is 28.5 Å². The largest absolute Gasteiger partial charge is 0.365 e. The van der Waals surface area contributed by atoms with Crippen molar-refractivity contribution < 1.29 is 0 Å². The Morgan fingerprint density at radius 2 is 2.10 bits per heavy atom. The van der Waals surface area contributed by atoms with E-state index in [1.165, 1.54) is 6.33 Å². The standard InChI is InChI=1S/C14H10Cl2N4/c15-12-5-10(2-1-9(12)6-17)20-4-3-11-13(7-20)18-8-19-14(11)16/h1-2,5,8H,3-4,7H2. The van der Waals surface area contributed by atoms with E-state index in [9.17, 15) is 0 Å². The van der Waals surface area contributed by atoms with E-state index in [2.05, 4.69) is 20.9 Å². The van der Waals surface area contributed by atoms with Crippen LogP contribution in [0.15, 0.2) is 24.5 Å². The fourth-order valence-corrected chi connectivity index (χ4v) is 2.79. The van der Waals surface area contributed by atoms with Crippen molar-refractivity contribution in [2.75, 3.05) is 11.4 Å². The lowest BCUT2D eigenvalue weighted by Gasteiger charge is -2.30. The molecular formula is C14H10Cl2N4. The first-order valence-corrected chi connectivity index (χ1v) is 6.87. The average molecular weight is 305 g/mol. The molecular weight excluding hydrogens is 295 g/mol. The lowest BCUT2D eigenvalue weighted by atomic mass is 10.1. The summed E-state index contributed by atoms with van der Waals surface area (Å²) >= 11 is 12.2. The highest BCUT2D eigenvalue weighted by atomic mass is 35.5. The number of hydrogen-bond donors (Lipinski definition) is 0. The molecule has 2 aromatic rings. The molecule has 1 aromatic heterocycles. The maximum Gasteiger partial charge on any atom is 0.136 e. The highest BCUT2D eigenvalue weighted by Crippen LogP contribution is 2.29. The van der Waals surface area contributed by atoms with Crippen LogP contribution in [0.3, 0.4) is 0 Å². The van der Waals surface area contributed by atoms with Gasteiger partial charge in [0.05, 0.1) is 22.8 Å². The van der Waals surface area contributed by atoms with Gasteiger partial charge in [0.25, 0.3) is 0 Å². The fraction of sp³-hybridized carbons (Fsp3) is 0.214. The molecule has 0 aliphatic carbocycles. The number of halogens is 2. The molecule has 1 aromatic carbocycles. The summed E-state index contributed by atoms with van der Waals surface area (Å²) in [6, 6.07) is 7.51. The molecule has 0 bridgehead atoms. The second-order valence-corrected chi connectivity index (χ2v) is 5.30. The van der Waals surface area contributed by atoms with Crippen molar-refractivity contribution in [3.8, 4) is 6.07 Å². The normalized spacial score (nSPS) is 13.8. The average Bonchev–Trinajstić information content (AvgIpc) is 2.47. The lowest BCUT2D eigenvalue weighted by molar-refractivity contribution is 0.704. The van der Waals surface area contributed by atoms with E-state index in [1.54, 1.807) is 6.07 Å². The van der Waals surface area contributed by atoms with Gasteiger partial charge in [-0.2, -0.15) is 5.26 Å². The van der Waals surface area contributed by atoms with E-state index in [0.29, 0.717) is 22.3 Å². The minimum Gasteiger partial charge on any atom is -0.365 e. The molecule has 3 rings (SSSR count). The molecule has 4 nitrogen and oxygen atoms in total. The van der Waals surface area contributed by atoms with E-state index in [1.807, 2.05) is 12.1 Å². The van der Waals surface area contributed by atoms with E-state index >= 15 is 0 Å². The van der Waals surface area contributed by atoms with Crippen LogP contribution in [0, 0.1) is 11.3 Å². The molecule has 6 heteroatoms. The van der Waals surface area contributed by atoms with Gasteiger partial charge in [-0.25, -0.2) is 9.97 Å². The van der Waals surface area contributed by atoms with Crippen molar-refractivity contribution in [2.24, 2.45) is 0 Å². The predicted octanol–water partition coefficient (Wildman–Crippen LogP) is 3.22. The van der Waals surface area contributed by atoms with Gasteiger partial charge in [-0.3, -0.25) is 0 Å². The Bertz CT molecular complexity index is 709. The molecule has 0 spiro atoms. The summed E-state index contributed by atoms with van der Waals surface area (Å²) in [5, 5.41) is 9.90. The monoisotopic (exact) mass is 304 g/mol. The Morgan fingerprint density at radius 1 is 1.25 bits per heavy atom. The highest BCUT2D eigenvalue weighted by Gasteiger charge is 2.20.